The van der Waals surface area contributed by atoms with Gasteiger partial charge in [-0.15, -0.1) is 0 Å². The minimum absolute atomic E-state index is 0.123. The van der Waals surface area contributed by atoms with Crippen molar-refractivity contribution in [3.63, 3.8) is 0 Å². The molecule has 0 aliphatic heterocycles. The maximum Gasteiger partial charge on any atom is 0.274 e. The lowest BCUT2D eigenvalue weighted by atomic mass is 10.1. The number of hydrogen-bond acceptors (Lipinski definition) is 3. The molecule has 0 unspecified atom stereocenters. The first-order chi connectivity index (χ1) is 11.1. The van der Waals surface area contributed by atoms with E-state index in [0.29, 0.717) is 0 Å². The summed E-state index contributed by atoms with van der Waals surface area (Å²) in [6, 6.07) is 2.51. The Morgan fingerprint density at radius 1 is 1.12 bits per heavy atom. The van der Waals surface area contributed by atoms with Gasteiger partial charge in [0, 0.05) is 16.1 Å². The molecular formula is C14H7BrF4N2O3. The lowest BCUT2D eigenvalue weighted by molar-refractivity contribution is -0.385. The van der Waals surface area contributed by atoms with Crippen molar-refractivity contribution in [2.45, 2.75) is 6.92 Å². The SMILES string of the molecule is Cc1cc(Br)c(NC(=O)c2cc(F)c(F)c(F)c2F)cc1[N+](=O)[O-]. The number of nitrogens with zero attached hydrogens (tertiary/aromatic N) is 1. The Bertz CT molecular complexity index is 874. The summed E-state index contributed by atoms with van der Waals surface area (Å²) in [7, 11) is 0. The summed E-state index contributed by atoms with van der Waals surface area (Å²) in [4.78, 5) is 22.2. The normalized spacial score (nSPS) is 10.6. The van der Waals surface area contributed by atoms with Gasteiger partial charge < -0.3 is 5.32 Å². The molecule has 0 heterocycles. The minimum atomic E-state index is -2.13. The second kappa shape index (κ2) is 6.56. The highest BCUT2D eigenvalue weighted by Crippen LogP contribution is 2.31. The standard InChI is InChI=1S/C14H7BrF4N2O3/c1-5-2-7(15)9(4-10(5)21(23)24)20-14(22)6-3-8(16)12(18)13(19)11(6)17/h2-4H,1H3,(H,20,22). The summed E-state index contributed by atoms with van der Waals surface area (Å²) in [5, 5.41) is 13.0. The molecule has 10 heteroatoms. The first kappa shape index (κ1) is 17.9. The molecule has 0 atom stereocenters. The van der Waals surface area contributed by atoms with Crippen LogP contribution < -0.4 is 5.32 Å². The quantitative estimate of drug-likeness (QED) is 0.268. The largest absolute Gasteiger partial charge is 0.321 e. The Labute approximate surface area is 140 Å². The number of benzene rings is 2. The van der Waals surface area contributed by atoms with Gasteiger partial charge in [-0.25, -0.2) is 17.6 Å². The molecule has 0 aliphatic rings. The number of nitro benzene ring substituents is 1. The van der Waals surface area contributed by atoms with E-state index in [2.05, 4.69) is 21.2 Å². The molecule has 0 saturated carbocycles. The fourth-order valence-corrected chi connectivity index (χ4v) is 2.44. The van der Waals surface area contributed by atoms with Crippen LogP contribution in [0, 0.1) is 40.3 Å². The third-order valence-electron chi connectivity index (χ3n) is 3.08. The molecule has 2 aromatic carbocycles. The fraction of sp³-hybridized carbons (Fsp3) is 0.0714. The molecule has 0 fully saturated rings. The van der Waals surface area contributed by atoms with E-state index in [0.717, 1.165) is 6.07 Å². The van der Waals surface area contributed by atoms with Crippen molar-refractivity contribution < 1.29 is 27.3 Å². The van der Waals surface area contributed by atoms with Crippen LogP contribution in [0.1, 0.15) is 15.9 Å². The van der Waals surface area contributed by atoms with Gasteiger partial charge in [0.15, 0.2) is 23.3 Å². The summed E-state index contributed by atoms with van der Waals surface area (Å²) in [6.45, 7) is 1.46. The van der Waals surface area contributed by atoms with Gasteiger partial charge in [-0.2, -0.15) is 0 Å². The number of carbonyl (C=O) groups excluding carboxylic acids is 1. The molecule has 1 N–H and O–H groups in total. The number of nitrogens with one attached hydrogen (secondary N) is 1. The molecule has 24 heavy (non-hydrogen) atoms. The molecule has 0 radical (unpaired) electrons. The van der Waals surface area contributed by atoms with Crippen molar-refractivity contribution in [2.75, 3.05) is 5.32 Å². The summed E-state index contributed by atoms with van der Waals surface area (Å²) in [5.41, 5.74) is -1.25. The number of rotatable bonds is 3. The average molecular weight is 407 g/mol. The Balaban J connectivity index is 2.45. The van der Waals surface area contributed by atoms with Gasteiger partial charge in [0.05, 0.1) is 16.2 Å². The van der Waals surface area contributed by atoms with E-state index in [1.54, 1.807) is 0 Å². The molecule has 0 bridgehead atoms. The predicted molar refractivity (Wildman–Crippen MR) is 79.8 cm³/mol. The van der Waals surface area contributed by atoms with Crippen LogP contribution >= 0.6 is 15.9 Å². The first-order valence-corrected chi connectivity index (χ1v) is 7.01. The van der Waals surface area contributed by atoms with Gasteiger partial charge in [0.1, 0.15) is 0 Å². The Morgan fingerprint density at radius 2 is 1.75 bits per heavy atom. The van der Waals surface area contributed by atoms with Crippen LogP contribution in [0.15, 0.2) is 22.7 Å². The Morgan fingerprint density at radius 3 is 2.33 bits per heavy atom. The highest BCUT2D eigenvalue weighted by atomic mass is 79.9. The van der Waals surface area contributed by atoms with E-state index in [1.165, 1.54) is 13.0 Å². The van der Waals surface area contributed by atoms with Crippen LogP contribution in [0.5, 0.6) is 0 Å². The topological polar surface area (TPSA) is 72.2 Å². The van der Waals surface area contributed by atoms with Crippen molar-refractivity contribution in [1.82, 2.24) is 0 Å². The first-order valence-electron chi connectivity index (χ1n) is 6.22. The maximum atomic E-state index is 13.6. The van der Waals surface area contributed by atoms with E-state index >= 15 is 0 Å². The summed E-state index contributed by atoms with van der Waals surface area (Å²) >= 11 is 3.05. The van der Waals surface area contributed by atoms with Crippen molar-refractivity contribution in [3.05, 3.63) is 67.2 Å². The monoisotopic (exact) mass is 406 g/mol. The Kier molecular flexibility index (Phi) is 4.88. The number of halogens is 5. The number of anilines is 1. The van der Waals surface area contributed by atoms with Crippen LogP contribution in [0.4, 0.5) is 28.9 Å². The fourth-order valence-electron chi connectivity index (χ4n) is 1.88. The molecule has 2 aromatic rings. The average Bonchev–Trinajstić information content (AvgIpc) is 2.50. The van der Waals surface area contributed by atoms with Crippen molar-refractivity contribution in [2.24, 2.45) is 0 Å². The van der Waals surface area contributed by atoms with Crippen molar-refractivity contribution >= 4 is 33.2 Å². The predicted octanol–water partition coefficient (Wildman–Crippen LogP) is 4.47. The lowest BCUT2D eigenvalue weighted by Crippen LogP contribution is -2.16. The third kappa shape index (κ3) is 3.23. The Hall–Kier alpha value is -2.49. The molecule has 2 rings (SSSR count). The van der Waals surface area contributed by atoms with E-state index in [-0.39, 0.29) is 27.5 Å². The molecule has 0 saturated heterocycles. The lowest BCUT2D eigenvalue weighted by Gasteiger charge is -2.10. The van der Waals surface area contributed by atoms with Crippen molar-refractivity contribution in [3.8, 4) is 0 Å². The molecule has 0 aliphatic carbocycles. The van der Waals surface area contributed by atoms with Gasteiger partial charge in [-0.05, 0) is 35.0 Å². The van der Waals surface area contributed by atoms with Gasteiger partial charge in [-0.1, -0.05) is 0 Å². The number of hydrogen-bond donors (Lipinski definition) is 1. The van der Waals surface area contributed by atoms with Crippen LogP contribution in [-0.4, -0.2) is 10.8 Å². The van der Waals surface area contributed by atoms with Gasteiger partial charge in [0.2, 0.25) is 0 Å². The summed E-state index contributed by atoms with van der Waals surface area (Å²) < 4.78 is 53.1. The zero-order chi connectivity index (χ0) is 18.2. The highest BCUT2D eigenvalue weighted by molar-refractivity contribution is 9.10. The summed E-state index contributed by atoms with van der Waals surface area (Å²) in [6.07, 6.45) is 0. The number of nitro groups is 1. The number of carbonyl (C=O) groups is 1. The van der Waals surface area contributed by atoms with Crippen LogP contribution in [0.2, 0.25) is 0 Å². The zero-order valence-corrected chi connectivity index (χ0v) is 13.4. The van der Waals surface area contributed by atoms with Crippen LogP contribution in [0.25, 0.3) is 0 Å². The highest BCUT2D eigenvalue weighted by Gasteiger charge is 2.24. The minimum Gasteiger partial charge on any atom is -0.321 e. The summed E-state index contributed by atoms with van der Waals surface area (Å²) in [5.74, 6) is -9.09. The molecule has 1 amide bonds. The molecular weight excluding hydrogens is 400 g/mol. The molecule has 5 nitrogen and oxygen atoms in total. The van der Waals surface area contributed by atoms with Gasteiger partial charge >= 0.3 is 0 Å². The molecule has 0 aromatic heterocycles. The van der Waals surface area contributed by atoms with Crippen LogP contribution in [0.3, 0.4) is 0 Å². The van der Waals surface area contributed by atoms with Gasteiger partial charge in [-0.3, -0.25) is 14.9 Å². The van der Waals surface area contributed by atoms with E-state index in [1.807, 2.05) is 0 Å². The number of amides is 1. The molecule has 126 valence electrons. The maximum absolute atomic E-state index is 13.6. The van der Waals surface area contributed by atoms with E-state index in [4.69, 9.17) is 0 Å². The zero-order valence-electron chi connectivity index (χ0n) is 11.8. The van der Waals surface area contributed by atoms with Crippen molar-refractivity contribution in [1.29, 1.82) is 0 Å². The van der Waals surface area contributed by atoms with E-state index < -0.39 is 39.7 Å². The second-order valence-corrected chi connectivity index (χ2v) is 5.53. The second-order valence-electron chi connectivity index (χ2n) is 4.68. The van der Waals surface area contributed by atoms with E-state index in [9.17, 15) is 32.5 Å². The van der Waals surface area contributed by atoms with Crippen LogP contribution in [-0.2, 0) is 0 Å². The number of aryl methyl sites for hydroxylation is 1. The molecule has 0 spiro atoms. The smallest absolute Gasteiger partial charge is 0.274 e. The third-order valence-corrected chi connectivity index (χ3v) is 3.73. The van der Waals surface area contributed by atoms with Gasteiger partial charge in [0.25, 0.3) is 11.6 Å².